The zero-order chi connectivity index (χ0) is 11.7. The third kappa shape index (κ3) is 4.47. The van der Waals surface area contributed by atoms with Gasteiger partial charge in [-0.1, -0.05) is 54.2 Å². The van der Waals surface area contributed by atoms with Gasteiger partial charge in [0.1, 0.15) is 5.82 Å². The highest BCUT2D eigenvalue weighted by Gasteiger charge is 1.97. The second kappa shape index (κ2) is 10.2. The van der Waals surface area contributed by atoms with Crippen molar-refractivity contribution in [1.29, 1.82) is 0 Å². The average Bonchev–Trinajstić information content (AvgIpc) is 2.77. The van der Waals surface area contributed by atoms with Crippen LogP contribution in [0.5, 0.6) is 0 Å². The number of aromatic amines is 1. The second-order valence-electron chi connectivity index (χ2n) is 2.55. The van der Waals surface area contributed by atoms with Crippen molar-refractivity contribution in [2.45, 2.75) is 48.5 Å². The molecule has 2 aromatic rings. The Balaban J connectivity index is -0.000000299. The molecule has 2 nitrogen and oxygen atoms in total. The normalized spacial score (nSPS) is 8.06. The molecule has 94 valence electrons. The number of imidazole rings is 1. The van der Waals surface area contributed by atoms with Crippen LogP contribution in [0, 0.1) is 0 Å². The van der Waals surface area contributed by atoms with Crippen LogP contribution in [0.1, 0.15) is 49.3 Å². The molecule has 1 aromatic carbocycles. The number of hydrogen-bond acceptors (Lipinski definition) is 1. The molecule has 0 radical (unpaired) electrons. The predicted octanol–water partition coefficient (Wildman–Crippen LogP) is 5.06. The van der Waals surface area contributed by atoms with Crippen molar-refractivity contribution < 1.29 is 1.43 Å². The molecule has 1 aromatic heterocycles. The van der Waals surface area contributed by atoms with Crippen molar-refractivity contribution in [2.75, 3.05) is 0 Å². The minimum Gasteiger partial charge on any atom is -0.342 e. The van der Waals surface area contributed by atoms with Crippen LogP contribution in [0.2, 0.25) is 0 Å². The fourth-order valence-electron chi connectivity index (χ4n) is 1.17. The van der Waals surface area contributed by atoms with E-state index in [1.54, 1.807) is 0 Å². The Kier molecular flexibility index (Phi) is 10.9. The number of hydrogen-bond donors (Lipinski definition) is 1. The van der Waals surface area contributed by atoms with Crippen LogP contribution in [0.25, 0.3) is 11.0 Å². The molecule has 0 amide bonds. The van der Waals surface area contributed by atoms with Gasteiger partial charge in [0.25, 0.3) is 0 Å². The molecular weight excluding hydrogens is 196 g/mol. The van der Waals surface area contributed by atoms with Gasteiger partial charge in [0.2, 0.25) is 0 Å². The highest BCUT2D eigenvalue weighted by atomic mass is 14.9. The first kappa shape index (κ1) is 17.1. The maximum Gasteiger partial charge on any atom is 0.106 e. The quantitative estimate of drug-likeness (QED) is 0.720. The Labute approximate surface area is 102 Å². The van der Waals surface area contributed by atoms with E-state index in [2.05, 4.69) is 16.9 Å². The number of aromatic nitrogens is 2. The van der Waals surface area contributed by atoms with E-state index >= 15 is 0 Å². The molecule has 0 atom stereocenters. The molecule has 2 heteroatoms. The Morgan fingerprint density at radius 1 is 1.12 bits per heavy atom. The molecule has 16 heavy (non-hydrogen) atoms. The number of benzene rings is 1. The van der Waals surface area contributed by atoms with E-state index in [1.165, 1.54) is 0 Å². The van der Waals surface area contributed by atoms with Gasteiger partial charge in [-0.15, -0.1) is 0 Å². The first-order chi connectivity index (χ1) is 7.40. The summed E-state index contributed by atoms with van der Waals surface area (Å²) in [5, 5.41) is 0. The topological polar surface area (TPSA) is 28.7 Å². The van der Waals surface area contributed by atoms with Gasteiger partial charge < -0.3 is 4.98 Å². The Hall–Kier alpha value is -1.31. The number of nitrogens with one attached hydrogen (secondary N) is 1. The molecular formula is C14H28N2. The summed E-state index contributed by atoms with van der Waals surface area (Å²) in [5.74, 6) is 1.06. The largest absolute Gasteiger partial charge is 0.342 e. The van der Waals surface area contributed by atoms with Crippen molar-refractivity contribution in [3.8, 4) is 0 Å². The zero-order valence-electron chi connectivity index (χ0n) is 10.5. The standard InChI is InChI=1S/C9H10N2.2C2H6.CH4.H2/c1-2-9-10-7-5-3-4-6-8(7)11-9;2*1-2;;/h3-6H,2H2,1H3,(H,10,11);2*1-2H3;1H4;1H. The van der Waals surface area contributed by atoms with Crippen molar-refractivity contribution in [2.24, 2.45) is 0 Å². The van der Waals surface area contributed by atoms with Crippen molar-refractivity contribution >= 4 is 11.0 Å². The van der Waals surface area contributed by atoms with Gasteiger partial charge in [-0.3, -0.25) is 0 Å². The fraction of sp³-hybridized carbons (Fsp3) is 0.500. The lowest BCUT2D eigenvalue weighted by atomic mass is 10.3. The lowest BCUT2D eigenvalue weighted by Crippen LogP contribution is -1.79. The van der Waals surface area contributed by atoms with E-state index in [1.807, 2.05) is 52.0 Å². The molecule has 0 bridgehead atoms. The van der Waals surface area contributed by atoms with Crippen LogP contribution in [0.4, 0.5) is 0 Å². The van der Waals surface area contributed by atoms with Crippen LogP contribution in [0.15, 0.2) is 24.3 Å². The van der Waals surface area contributed by atoms with E-state index in [0.717, 1.165) is 23.3 Å². The summed E-state index contributed by atoms with van der Waals surface area (Å²) in [6.45, 7) is 10.1. The van der Waals surface area contributed by atoms with Gasteiger partial charge in [-0.05, 0) is 12.1 Å². The summed E-state index contributed by atoms with van der Waals surface area (Å²) in [6.07, 6.45) is 0.967. The van der Waals surface area contributed by atoms with E-state index in [9.17, 15) is 0 Å². The summed E-state index contributed by atoms with van der Waals surface area (Å²) in [4.78, 5) is 7.61. The van der Waals surface area contributed by atoms with E-state index in [0.29, 0.717) is 0 Å². The van der Waals surface area contributed by atoms with Crippen molar-refractivity contribution in [1.82, 2.24) is 9.97 Å². The molecule has 0 aliphatic heterocycles. The Bertz CT molecular complexity index is 336. The minimum absolute atomic E-state index is 0. The van der Waals surface area contributed by atoms with Crippen LogP contribution in [-0.2, 0) is 6.42 Å². The summed E-state index contributed by atoms with van der Waals surface area (Å²) >= 11 is 0. The summed E-state index contributed by atoms with van der Waals surface area (Å²) < 4.78 is 0. The van der Waals surface area contributed by atoms with Crippen LogP contribution in [0.3, 0.4) is 0 Å². The van der Waals surface area contributed by atoms with Gasteiger partial charge in [0.15, 0.2) is 0 Å². The van der Waals surface area contributed by atoms with E-state index < -0.39 is 0 Å². The lowest BCUT2D eigenvalue weighted by Gasteiger charge is -1.82. The summed E-state index contributed by atoms with van der Waals surface area (Å²) in [6, 6.07) is 8.08. The lowest BCUT2D eigenvalue weighted by molar-refractivity contribution is 1.00. The number of nitrogens with zero attached hydrogens (tertiary/aromatic N) is 1. The van der Waals surface area contributed by atoms with Gasteiger partial charge in [-0.2, -0.15) is 0 Å². The molecule has 0 fully saturated rings. The first-order valence-electron chi connectivity index (χ1n) is 5.84. The summed E-state index contributed by atoms with van der Waals surface area (Å²) in [7, 11) is 0. The third-order valence-electron chi connectivity index (χ3n) is 1.77. The monoisotopic (exact) mass is 224 g/mol. The van der Waals surface area contributed by atoms with Crippen molar-refractivity contribution in [3.63, 3.8) is 0 Å². The van der Waals surface area contributed by atoms with Gasteiger partial charge >= 0.3 is 0 Å². The molecule has 0 aliphatic carbocycles. The maximum atomic E-state index is 4.38. The van der Waals surface area contributed by atoms with Gasteiger partial charge in [0, 0.05) is 7.85 Å². The molecule has 1 heterocycles. The maximum absolute atomic E-state index is 4.38. The molecule has 0 aliphatic rings. The molecule has 0 saturated carbocycles. The SMILES string of the molecule is C.CC.CC.CCc1nc2ccccc2[nH]1.[HH]. The molecule has 2 rings (SSSR count). The molecule has 0 saturated heterocycles. The smallest absolute Gasteiger partial charge is 0.106 e. The number of rotatable bonds is 1. The predicted molar refractivity (Wildman–Crippen MR) is 77.0 cm³/mol. The third-order valence-corrected chi connectivity index (χ3v) is 1.77. The Morgan fingerprint density at radius 3 is 2.19 bits per heavy atom. The van der Waals surface area contributed by atoms with Crippen molar-refractivity contribution in [3.05, 3.63) is 30.1 Å². The van der Waals surface area contributed by atoms with Gasteiger partial charge in [-0.25, -0.2) is 4.98 Å². The number of H-pyrrole nitrogens is 1. The van der Waals surface area contributed by atoms with E-state index in [-0.39, 0.29) is 8.85 Å². The van der Waals surface area contributed by atoms with E-state index in [4.69, 9.17) is 0 Å². The van der Waals surface area contributed by atoms with Crippen LogP contribution >= 0.6 is 0 Å². The van der Waals surface area contributed by atoms with Gasteiger partial charge in [0.05, 0.1) is 11.0 Å². The first-order valence-corrected chi connectivity index (χ1v) is 5.84. The average molecular weight is 224 g/mol. The molecule has 0 spiro atoms. The zero-order valence-corrected chi connectivity index (χ0v) is 10.5. The van der Waals surface area contributed by atoms with Crippen LogP contribution in [-0.4, -0.2) is 9.97 Å². The second-order valence-corrected chi connectivity index (χ2v) is 2.55. The fourth-order valence-corrected chi connectivity index (χ4v) is 1.17. The number of para-hydroxylation sites is 2. The summed E-state index contributed by atoms with van der Waals surface area (Å²) in [5.41, 5.74) is 2.19. The van der Waals surface area contributed by atoms with Crippen LogP contribution < -0.4 is 0 Å². The molecule has 1 N–H and O–H groups in total. The highest BCUT2D eigenvalue weighted by molar-refractivity contribution is 5.74. The molecule has 0 unspecified atom stereocenters. The Morgan fingerprint density at radius 2 is 1.69 bits per heavy atom. The highest BCUT2D eigenvalue weighted by Crippen LogP contribution is 2.09. The number of fused-ring (bicyclic) bond motifs is 1. The number of aryl methyl sites for hydroxylation is 1. The minimum atomic E-state index is 0.